The van der Waals surface area contributed by atoms with Crippen molar-refractivity contribution in [1.82, 2.24) is 20.4 Å². The van der Waals surface area contributed by atoms with Gasteiger partial charge in [-0.2, -0.15) is 0 Å². The molecule has 7 heteroatoms. The molecule has 0 aliphatic rings. The first-order valence-corrected chi connectivity index (χ1v) is 7.25. The van der Waals surface area contributed by atoms with Crippen molar-refractivity contribution in [2.75, 3.05) is 7.11 Å². The lowest BCUT2D eigenvalue weighted by Crippen LogP contribution is -2.41. The van der Waals surface area contributed by atoms with E-state index in [-0.39, 0.29) is 5.91 Å². The summed E-state index contributed by atoms with van der Waals surface area (Å²) >= 11 is 0. The zero-order valence-corrected chi connectivity index (χ0v) is 13.2. The minimum absolute atomic E-state index is 0.314. The molecule has 7 nitrogen and oxygen atoms in total. The molecular formula is C17H16N4O3. The van der Waals surface area contributed by atoms with Gasteiger partial charge in [0.25, 0.3) is 11.8 Å². The lowest BCUT2D eigenvalue weighted by molar-refractivity contribution is 0.0847. The number of fused-ring (bicyclic) bond motifs is 1. The summed E-state index contributed by atoms with van der Waals surface area (Å²) in [7, 11) is 3.35. The zero-order chi connectivity index (χ0) is 17.1. The van der Waals surface area contributed by atoms with Crippen LogP contribution in [0.1, 0.15) is 20.7 Å². The van der Waals surface area contributed by atoms with E-state index < -0.39 is 5.91 Å². The lowest BCUT2D eigenvalue weighted by Gasteiger charge is -2.07. The molecule has 0 radical (unpaired) electrons. The van der Waals surface area contributed by atoms with Crippen LogP contribution >= 0.6 is 0 Å². The number of para-hydroxylation sites is 1. The number of methoxy groups -OCH3 is 1. The van der Waals surface area contributed by atoms with Crippen LogP contribution < -0.4 is 15.6 Å². The lowest BCUT2D eigenvalue weighted by atomic mass is 10.2. The Labute approximate surface area is 138 Å². The number of rotatable bonds is 3. The summed E-state index contributed by atoms with van der Waals surface area (Å²) in [4.78, 5) is 28.3. The normalized spacial score (nSPS) is 10.4. The van der Waals surface area contributed by atoms with Gasteiger partial charge in [0.2, 0.25) is 5.88 Å². The van der Waals surface area contributed by atoms with E-state index in [1.165, 1.54) is 13.3 Å². The third-order valence-electron chi connectivity index (χ3n) is 3.64. The number of hydrazine groups is 1. The summed E-state index contributed by atoms with van der Waals surface area (Å²) < 4.78 is 6.79. The van der Waals surface area contributed by atoms with Crippen molar-refractivity contribution in [3.05, 3.63) is 59.9 Å². The monoisotopic (exact) mass is 324 g/mol. The molecule has 24 heavy (non-hydrogen) atoms. The summed E-state index contributed by atoms with van der Waals surface area (Å²) in [5, 5.41) is 0.817. The second-order valence-corrected chi connectivity index (χ2v) is 5.17. The number of nitrogens with zero attached hydrogens (tertiary/aromatic N) is 2. The van der Waals surface area contributed by atoms with Crippen molar-refractivity contribution in [1.29, 1.82) is 0 Å². The van der Waals surface area contributed by atoms with Crippen LogP contribution in [0, 0.1) is 0 Å². The minimum Gasteiger partial charge on any atom is -0.481 e. The Morgan fingerprint density at radius 3 is 2.54 bits per heavy atom. The number of amides is 2. The zero-order valence-electron chi connectivity index (χ0n) is 13.2. The second kappa shape index (κ2) is 6.41. The SMILES string of the molecule is COc1ccc(C(=O)NNC(=O)c2cn(C)c3ccccc23)cn1. The van der Waals surface area contributed by atoms with Crippen LogP contribution in [0.3, 0.4) is 0 Å². The molecule has 1 aromatic carbocycles. The van der Waals surface area contributed by atoms with Crippen molar-refractivity contribution in [2.24, 2.45) is 7.05 Å². The highest BCUT2D eigenvalue weighted by atomic mass is 16.5. The summed E-state index contributed by atoms with van der Waals surface area (Å²) in [6.45, 7) is 0. The molecule has 0 aliphatic heterocycles. The number of carbonyl (C=O) groups excluding carboxylic acids is 2. The van der Waals surface area contributed by atoms with E-state index in [2.05, 4.69) is 15.8 Å². The van der Waals surface area contributed by atoms with E-state index in [0.717, 1.165) is 10.9 Å². The number of hydrogen-bond donors (Lipinski definition) is 2. The smallest absolute Gasteiger partial charge is 0.271 e. The predicted octanol–water partition coefficient (Wildman–Crippen LogP) is 1.66. The standard InChI is InChI=1S/C17H16N4O3/c1-21-10-13(12-5-3-4-6-14(12)21)17(23)20-19-16(22)11-7-8-15(24-2)18-9-11/h3-10H,1-2H3,(H,19,22)(H,20,23). The van der Waals surface area contributed by atoms with E-state index in [1.54, 1.807) is 18.3 Å². The van der Waals surface area contributed by atoms with Crippen LogP contribution in [0.5, 0.6) is 5.88 Å². The molecule has 0 bridgehead atoms. The largest absolute Gasteiger partial charge is 0.481 e. The predicted molar refractivity (Wildman–Crippen MR) is 88.6 cm³/mol. The Morgan fingerprint density at radius 1 is 1.08 bits per heavy atom. The third-order valence-corrected chi connectivity index (χ3v) is 3.64. The Kier molecular flexibility index (Phi) is 4.15. The minimum atomic E-state index is -0.460. The van der Waals surface area contributed by atoms with Crippen LogP contribution in [-0.2, 0) is 7.05 Å². The maximum absolute atomic E-state index is 12.3. The number of nitrogens with one attached hydrogen (secondary N) is 2. The number of hydrogen-bond acceptors (Lipinski definition) is 4. The van der Waals surface area contributed by atoms with Crippen LogP contribution in [0.15, 0.2) is 48.8 Å². The second-order valence-electron chi connectivity index (χ2n) is 5.17. The highest BCUT2D eigenvalue weighted by Crippen LogP contribution is 2.19. The van der Waals surface area contributed by atoms with Gasteiger partial charge in [-0.25, -0.2) is 4.98 Å². The van der Waals surface area contributed by atoms with E-state index in [0.29, 0.717) is 17.0 Å². The van der Waals surface area contributed by atoms with Crippen molar-refractivity contribution >= 4 is 22.7 Å². The van der Waals surface area contributed by atoms with Crippen LogP contribution in [0.2, 0.25) is 0 Å². The fourth-order valence-corrected chi connectivity index (χ4v) is 2.41. The fraction of sp³-hybridized carbons (Fsp3) is 0.118. The van der Waals surface area contributed by atoms with Gasteiger partial charge in [-0.15, -0.1) is 0 Å². The summed E-state index contributed by atoms with van der Waals surface area (Å²) in [6.07, 6.45) is 3.10. The Bertz CT molecular complexity index is 900. The summed E-state index contributed by atoms with van der Waals surface area (Å²) in [5.74, 6) is -0.438. The Balaban J connectivity index is 1.71. The quantitative estimate of drug-likeness (QED) is 0.718. The molecule has 3 aromatic rings. The van der Waals surface area contributed by atoms with Crippen LogP contribution in [0.4, 0.5) is 0 Å². The number of ether oxygens (including phenoxy) is 1. The molecule has 3 rings (SSSR count). The number of aromatic nitrogens is 2. The summed E-state index contributed by atoms with van der Waals surface area (Å²) in [5.41, 5.74) is 6.54. The van der Waals surface area contributed by atoms with Crippen LogP contribution in [-0.4, -0.2) is 28.5 Å². The molecule has 2 N–H and O–H groups in total. The first kappa shape index (κ1) is 15.5. The average molecular weight is 324 g/mol. The van der Waals surface area contributed by atoms with Gasteiger partial charge in [-0.1, -0.05) is 18.2 Å². The molecule has 0 saturated heterocycles. The van der Waals surface area contributed by atoms with Crippen molar-refractivity contribution in [2.45, 2.75) is 0 Å². The molecule has 2 amide bonds. The molecule has 2 heterocycles. The molecule has 0 atom stereocenters. The first-order valence-electron chi connectivity index (χ1n) is 7.25. The Hall–Kier alpha value is -3.35. The van der Waals surface area contributed by atoms with Gasteiger partial charge < -0.3 is 9.30 Å². The number of pyridine rings is 1. The van der Waals surface area contributed by atoms with E-state index in [1.807, 2.05) is 35.9 Å². The fourth-order valence-electron chi connectivity index (χ4n) is 2.41. The first-order chi connectivity index (χ1) is 11.6. The molecule has 0 spiro atoms. The number of aryl methyl sites for hydroxylation is 1. The molecule has 0 unspecified atom stereocenters. The number of carbonyl (C=O) groups is 2. The van der Waals surface area contributed by atoms with E-state index in [9.17, 15) is 9.59 Å². The van der Waals surface area contributed by atoms with E-state index >= 15 is 0 Å². The molecule has 0 fully saturated rings. The maximum atomic E-state index is 12.3. The molecule has 0 aliphatic carbocycles. The van der Waals surface area contributed by atoms with Gasteiger partial charge in [0.15, 0.2) is 0 Å². The third kappa shape index (κ3) is 2.91. The van der Waals surface area contributed by atoms with Crippen LogP contribution in [0.25, 0.3) is 10.9 Å². The molecule has 2 aromatic heterocycles. The highest BCUT2D eigenvalue weighted by molar-refractivity contribution is 6.07. The topological polar surface area (TPSA) is 85.3 Å². The van der Waals surface area contributed by atoms with Crippen molar-refractivity contribution in [3.63, 3.8) is 0 Å². The van der Waals surface area contributed by atoms with E-state index in [4.69, 9.17) is 4.74 Å². The van der Waals surface area contributed by atoms with Gasteiger partial charge in [-0.3, -0.25) is 20.4 Å². The molecule has 122 valence electrons. The Morgan fingerprint density at radius 2 is 1.83 bits per heavy atom. The van der Waals surface area contributed by atoms with Crippen molar-refractivity contribution in [3.8, 4) is 5.88 Å². The van der Waals surface area contributed by atoms with Crippen molar-refractivity contribution < 1.29 is 14.3 Å². The molecular weight excluding hydrogens is 308 g/mol. The average Bonchev–Trinajstić information content (AvgIpc) is 2.97. The molecule has 0 saturated carbocycles. The van der Waals surface area contributed by atoms with Gasteiger partial charge >= 0.3 is 0 Å². The van der Waals surface area contributed by atoms with Gasteiger partial charge in [0, 0.05) is 36.4 Å². The maximum Gasteiger partial charge on any atom is 0.271 e. The highest BCUT2D eigenvalue weighted by Gasteiger charge is 2.14. The van der Waals surface area contributed by atoms with Gasteiger partial charge in [0.05, 0.1) is 18.2 Å². The summed E-state index contributed by atoms with van der Waals surface area (Å²) in [6, 6.07) is 10.7. The van der Waals surface area contributed by atoms with Gasteiger partial charge in [-0.05, 0) is 12.1 Å². The number of benzene rings is 1. The van der Waals surface area contributed by atoms with Gasteiger partial charge in [0.1, 0.15) is 0 Å².